The number of benzene rings is 3. The van der Waals surface area contributed by atoms with Crippen molar-refractivity contribution in [3.8, 4) is 28.2 Å². The van der Waals surface area contributed by atoms with Gasteiger partial charge in [-0.25, -0.2) is 13.4 Å². The van der Waals surface area contributed by atoms with Gasteiger partial charge in [-0.3, -0.25) is 4.57 Å². The van der Waals surface area contributed by atoms with Crippen molar-refractivity contribution in [2.24, 2.45) is 0 Å². The molecule has 1 N–H and O–H groups in total. The minimum atomic E-state index is -3.32. The molecule has 5 nitrogen and oxygen atoms in total. The lowest BCUT2D eigenvalue weighted by molar-refractivity contribution is 0.0743. The van der Waals surface area contributed by atoms with Crippen LogP contribution in [0, 0.1) is 6.92 Å². The normalized spacial score (nSPS) is 12.2. The van der Waals surface area contributed by atoms with Gasteiger partial charge in [0.05, 0.1) is 27.1 Å². The average molecular weight is 529 g/mol. The number of halogens is 2. The van der Waals surface area contributed by atoms with Gasteiger partial charge in [0, 0.05) is 16.8 Å². The molecule has 0 aliphatic heterocycles. The molecule has 0 atom stereocenters. The molecule has 0 spiro atoms. The summed E-state index contributed by atoms with van der Waals surface area (Å²) >= 11 is 13.1. The number of imidazole rings is 1. The highest BCUT2D eigenvalue weighted by Gasteiger charge is 2.25. The maximum Gasteiger partial charge on any atom is 0.178 e. The van der Waals surface area contributed by atoms with E-state index in [2.05, 4.69) is 0 Å². The van der Waals surface area contributed by atoms with Gasteiger partial charge in [-0.2, -0.15) is 0 Å². The van der Waals surface area contributed by atoms with Gasteiger partial charge in [0.15, 0.2) is 9.84 Å². The van der Waals surface area contributed by atoms with Crippen LogP contribution in [0.15, 0.2) is 71.8 Å². The van der Waals surface area contributed by atoms with Crippen molar-refractivity contribution >= 4 is 33.0 Å². The molecule has 0 saturated heterocycles. The zero-order valence-electron chi connectivity index (χ0n) is 19.9. The number of sulfone groups is 1. The Morgan fingerprint density at radius 3 is 2.31 bits per heavy atom. The fourth-order valence-electron chi connectivity index (χ4n) is 3.82. The zero-order valence-corrected chi connectivity index (χ0v) is 22.2. The highest BCUT2D eigenvalue weighted by molar-refractivity contribution is 7.91. The summed E-state index contributed by atoms with van der Waals surface area (Å²) in [7, 11) is -3.32. The van der Waals surface area contributed by atoms with E-state index in [0.29, 0.717) is 27.3 Å². The topological polar surface area (TPSA) is 72.2 Å². The quantitative estimate of drug-likeness (QED) is 0.297. The summed E-state index contributed by atoms with van der Waals surface area (Å²) in [6, 6.07) is 18.0. The van der Waals surface area contributed by atoms with Crippen LogP contribution in [0.1, 0.15) is 32.0 Å². The minimum Gasteiger partial charge on any atom is -0.384 e. The Hall–Kier alpha value is -2.64. The van der Waals surface area contributed by atoms with Crippen LogP contribution in [0.5, 0.6) is 0 Å². The molecule has 8 heteroatoms. The van der Waals surface area contributed by atoms with Crippen molar-refractivity contribution in [2.45, 2.75) is 38.2 Å². The number of hydrogen-bond donors (Lipinski definition) is 1. The van der Waals surface area contributed by atoms with Crippen LogP contribution < -0.4 is 0 Å². The van der Waals surface area contributed by atoms with Crippen molar-refractivity contribution in [2.75, 3.05) is 5.75 Å². The molecule has 182 valence electrons. The van der Waals surface area contributed by atoms with Gasteiger partial charge < -0.3 is 5.11 Å². The summed E-state index contributed by atoms with van der Waals surface area (Å²) < 4.78 is 26.5. The summed E-state index contributed by atoms with van der Waals surface area (Å²) in [4.78, 5) is 5.01. The van der Waals surface area contributed by atoms with E-state index in [1.54, 1.807) is 51.2 Å². The molecule has 0 fully saturated rings. The summed E-state index contributed by atoms with van der Waals surface area (Å²) in [5.74, 6) is 0.638. The predicted molar refractivity (Wildman–Crippen MR) is 142 cm³/mol. The molecule has 35 heavy (non-hydrogen) atoms. The van der Waals surface area contributed by atoms with Gasteiger partial charge in [0.1, 0.15) is 11.4 Å². The number of hydrogen-bond acceptors (Lipinski definition) is 4. The summed E-state index contributed by atoms with van der Waals surface area (Å²) in [5.41, 5.74) is 3.23. The van der Waals surface area contributed by atoms with E-state index >= 15 is 0 Å². The zero-order chi connectivity index (χ0) is 25.5. The van der Waals surface area contributed by atoms with Crippen molar-refractivity contribution in [3.63, 3.8) is 0 Å². The number of nitrogens with zero attached hydrogens (tertiary/aromatic N) is 2. The van der Waals surface area contributed by atoms with Crippen LogP contribution >= 0.6 is 23.2 Å². The van der Waals surface area contributed by atoms with Gasteiger partial charge in [-0.05, 0) is 67.8 Å². The summed E-state index contributed by atoms with van der Waals surface area (Å²) in [6.07, 6.45) is 1.77. The van der Waals surface area contributed by atoms with Crippen molar-refractivity contribution < 1.29 is 13.5 Å². The van der Waals surface area contributed by atoms with Crippen molar-refractivity contribution in [3.05, 3.63) is 88.2 Å². The SMILES string of the molecule is CCS(=O)(=O)c1cccc(-c2ccc(-n3cc(C(C)(C)O)nc3-c3cccc(Cl)c3C)c(Cl)c2)c1. The third kappa shape index (κ3) is 5.02. The molecule has 0 saturated carbocycles. The largest absolute Gasteiger partial charge is 0.384 e. The van der Waals surface area contributed by atoms with E-state index in [9.17, 15) is 13.5 Å². The molecule has 0 aliphatic rings. The van der Waals surface area contributed by atoms with Gasteiger partial charge in [0.25, 0.3) is 0 Å². The molecule has 4 rings (SSSR count). The fourth-order valence-corrected chi connectivity index (χ4v) is 5.19. The lowest BCUT2D eigenvalue weighted by Crippen LogP contribution is -2.15. The Bertz CT molecular complexity index is 1520. The average Bonchev–Trinajstić information content (AvgIpc) is 3.26. The Balaban J connectivity index is 1.86. The first kappa shape index (κ1) is 25.5. The van der Waals surface area contributed by atoms with Crippen LogP contribution in [-0.4, -0.2) is 28.8 Å². The highest BCUT2D eigenvalue weighted by atomic mass is 35.5. The van der Waals surface area contributed by atoms with Gasteiger partial charge in [-0.1, -0.05) is 60.5 Å². The first-order valence-electron chi connectivity index (χ1n) is 11.1. The molecular formula is C27H26Cl2N2O3S. The minimum absolute atomic E-state index is 0.0337. The molecule has 0 unspecified atom stereocenters. The predicted octanol–water partition coefficient (Wildman–Crippen LogP) is 6.84. The Morgan fingerprint density at radius 1 is 0.971 bits per heavy atom. The molecule has 3 aromatic carbocycles. The molecular weight excluding hydrogens is 503 g/mol. The van der Waals surface area contributed by atoms with E-state index in [1.807, 2.05) is 47.9 Å². The van der Waals surface area contributed by atoms with E-state index in [-0.39, 0.29) is 10.6 Å². The molecule has 1 heterocycles. The maximum atomic E-state index is 12.3. The summed E-state index contributed by atoms with van der Waals surface area (Å²) in [5, 5.41) is 11.7. The fraction of sp³-hybridized carbons (Fsp3) is 0.222. The van der Waals surface area contributed by atoms with E-state index in [4.69, 9.17) is 28.2 Å². The first-order chi connectivity index (χ1) is 16.4. The van der Waals surface area contributed by atoms with Crippen LogP contribution in [0.2, 0.25) is 10.0 Å². The van der Waals surface area contributed by atoms with Crippen LogP contribution in [0.4, 0.5) is 0 Å². The van der Waals surface area contributed by atoms with Crippen molar-refractivity contribution in [1.82, 2.24) is 9.55 Å². The van der Waals surface area contributed by atoms with Gasteiger partial charge in [-0.15, -0.1) is 0 Å². The van der Waals surface area contributed by atoms with Crippen LogP contribution in [0.3, 0.4) is 0 Å². The lowest BCUT2D eigenvalue weighted by Gasteiger charge is -2.14. The van der Waals surface area contributed by atoms with Gasteiger partial charge >= 0.3 is 0 Å². The number of aromatic nitrogens is 2. The smallest absolute Gasteiger partial charge is 0.178 e. The maximum absolute atomic E-state index is 12.3. The van der Waals surface area contributed by atoms with Gasteiger partial charge in [0.2, 0.25) is 0 Å². The Labute approximate surface area is 215 Å². The first-order valence-corrected chi connectivity index (χ1v) is 13.5. The third-order valence-electron chi connectivity index (χ3n) is 5.96. The van der Waals surface area contributed by atoms with Crippen LogP contribution in [0.25, 0.3) is 28.2 Å². The second kappa shape index (κ2) is 9.43. The molecule has 4 aromatic rings. The summed E-state index contributed by atoms with van der Waals surface area (Å²) in [6.45, 7) is 6.90. The molecule has 0 amide bonds. The third-order valence-corrected chi connectivity index (χ3v) is 8.40. The van der Waals surface area contributed by atoms with E-state index in [1.165, 1.54) is 0 Å². The monoisotopic (exact) mass is 528 g/mol. The molecule has 0 aliphatic carbocycles. The molecule has 0 radical (unpaired) electrons. The second-order valence-corrected chi connectivity index (χ2v) is 12.0. The van der Waals surface area contributed by atoms with Crippen LogP contribution in [-0.2, 0) is 15.4 Å². The molecule has 1 aromatic heterocycles. The van der Waals surface area contributed by atoms with E-state index in [0.717, 1.165) is 22.3 Å². The Morgan fingerprint density at radius 2 is 1.66 bits per heavy atom. The highest BCUT2D eigenvalue weighted by Crippen LogP contribution is 2.35. The number of aliphatic hydroxyl groups is 1. The lowest BCUT2D eigenvalue weighted by atomic mass is 10.0. The van der Waals surface area contributed by atoms with E-state index < -0.39 is 15.4 Å². The second-order valence-electron chi connectivity index (χ2n) is 8.89. The molecule has 0 bridgehead atoms. The standard InChI is InChI=1S/C27H26Cl2N2O3S/c1-5-35(33,34)20-9-6-8-18(14-20)19-12-13-24(23(29)15-19)31-16-25(27(3,4)32)30-26(31)21-10-7-11-22(28)17(21)2/h6-16,32H,5H2,1-4H3. The Kier molecular flexibility index (Phi) is 6.86. The number of rotatable bonds is 6. The van der Waals surface area contributed by atoms with Crippen molar-refractivity contribution in [1.29, 1.82) is 0 Å².